The summed E-state index contributed by atoms with van der Waals surface area (Å²) >= 11 is 0. The molecule has 23 heteroatoms. The summed E-state index contributed by atoms with van der Waals surface area (Å²) in [6.45, 7) is 9.92. The van der Waals surface area contributed by atoms with Gasteiger partial charge in [0.05, 0.1) is 43.3 Å². The monoisotopic (exact) mass is 1080 g/mol. The minimum absolute atomic E-state index is 0.0400. The third-order valence-corrected chi connectivity index (χ3v) is 16.7. The number of rotatable bonds is 14. The van der Waals surface area contributed by atoms with Crippen molar-refractivity contribution < 1.29 is 67.0 Å². The first-order valence-electron chi connectivity index (χ1n) is 21.9. The molecule has 6 aromatic carbocycles. The number of carbonyl (C=O) groups is 2. The molecule has 382 valence electrons. The lowest BCUT2D eigenvalue weighted by molar-refractivity contribution is 0.0685. The van der Waals surface area contributed by atoms with Gasteiger partial charge in [-0.05, 0) is 136 Å². The van der Waals surface area contributed by atoms with Crippen LogP contribution in [0.2, 0.25) is 0 Å². The van der Waals surface area contributed by atoms with Crippen LogP contribution in [0.3, 0.4) is 0 Å². The van der Waals surface area contributed by atoms with E-state index in [9.17, 15) is 62.6 Å². The number of carboxylic acid groups (broad SMARTS) is 2. The second-order valence-corrected chi connectivity index (χ2v) is 23.5. The Morgan fingerprint density at radius 2 is 1.05 bits per heavy atom. The summed E-state index contributed by atoms with van der Waals surface area (Å²) in [7, 11) is -18.8. The van der Waals surface area contributed by atoms with Crippen LogP contribution in [-0.2, 0) is 40.3 Å². The number of hydrogen-bond donors (Lipinski definition) is 7. The van der Waals surface area contributed by atoms with E-state index in [-0.39, 0.29) is 82.3 Å². The molecule has 8 rings (SSSR count). The van der Waals surface area contributed by atoms with Gasteiger partial charge in [0.15, 0.2) is 0 Å². The van der Waals surface area contributed by atoms with Crippen LogP contribution in [0.25, 0.3) is 33.4 Å². The van der Waals surface area contributed by atoms with Crippen molar-refractivity contribution in [3.8, 4) is 22.5 Å². The molecule has 1 heterocycles. The van der Waals surface area contributed by atoms with Crippen molar-refractivity contribution in [2.24, 2.45) is 4.99 Å². The van der Waals surface area contributed by atoms with Crippen molar-refractivity contribution in [1.29, 1.82) is 0 Å². The Morgan fingerprint density at radius 3 is 1.61 bits per heavy atom. The highest BCUT2D eigenvalue weighted by molar-refractivity contribution is 7.93. The van der Waals surface area contributed by atoms with Gasteiger partial charge in [-0.15, -0.1) is 0 Å². The van der Waals surface area contributed by atoms with Gasteiger partial charge in [0.25, 0.3) is 40.3 Å². The Balaban J connectivity index is 1.32. The largest absolute Gasteiger partial charge is 0.478 e. The molecule has 6 aromatic rings. The van der Waals surface area contributed by atoms with Crippen molar-refractivity contribution in [3.05, 3.63) is 165 Å². The smallest absolute Gasteiger partial charge is 0.335 e. The second-order valence-electron chi connectivity index (χ2n) is 17.3. The Kier molecular flexibility index (Phi) is 13.6. The zero-order chi connectivity index (χ0) is 54.0. The molecule has 0 atom stereocenters. The lowest BCUT2D eigenvalue weighted by Crippen LogP contribution is -2.17. The molecule has 74 heavy (non-hydrogen) atoms. The summed E-state index contributed by atoms with van der Waals surface area (Å²) in [6.07, 6.45) is 0. The quantitative estimate of drug-likeness (QED) is 0.0394. The molecule has 0 fully saturated rings. The summed E-state index contributed by atoms with van der Waals surface area (Å²) < 4.78 is 140. The molecule has 19 nitrogen and oxygen atoms in total. The maximum atomic E-state index is 13.7. The van der Waals surface area contributed by atoms with Crippen LogP contribution in [0.15, 0.2) is 144 Å². The van der Waals surface area contributed by atoms with Crippen molar-refractivity contribution >= 4 is 91.6 Å². The SMILES string of the molecule is Cc1cc(C)c(NS(=O)(=O)c2cccc(C(=O)O)c2)c(C)c1N=c1cc2oc3cc(Nc4c(C)cc(C)c(NS(=O)(=O)c5cccc(C(=O)O)c5)c4C)ccc3c(-c3ccccc3S(=O)(=O)O)c-2cc1S(=O)(=O)O. The number of benzene rings is 7. The van der Waals surface area contributed by atoms with E-state index in [0.29, 0.717) is 39.2 Å². The van der Waals surface area contributed by atoms with Crippen LogP contribution in [0.4, 0.5) is 28.4 Å². The first kappa shape index (κ1) is 52.4. The zero-order valence-corrected chi connectivity index (χ0v) is 43.1. The third kappa shape index (κ3) is 10.2. The van der Waals surface area contributed by atoms with Gasteiger partial charge in [0, 0.05) is 45.6 Å². The number of hydrogen-bond acceptors (Lipinski definition) is 13. The standard InChI is InChI=1S/C51H44N4O15S4/c1-26-19-28(3)48(54-71(60,61)35-13-9-11-32(21-35)50(56)57)30(5)46(26)52-34-17-18-37-41(23-34)70-42-25-40(44(74(67,68)69)24-39(42)45(37)38-15-7-8-16-43(38)73(64,65)66)53-47-27(2)20-29(4)49(31(47)6)55-72(62,63)36-14-10-12-33(22-36)51(58)59/h7-25,52,54-55H,1-6H3,(H,56,57)(H,58,59)(H,64,65,66)(H,67,68,69). The molecule has 1 aliphatic carbocycles. The third-order valence-electron chi connectivity index (χ3n) is 12.2. The molecule has 0 radical (unpaired) electrons. The molecule has 2 aliphatic rings. The Labute approximate surface area is 424 Å². The number of anilines is 4. The lowest BCUT2D eigenvalue weighted by atomic mass is 9.93. The van der Waals surface area contributed by atoms with Crippen molar-refractivity contribution in [1.82, 2.24) is 0 Å². The molecule has 0 saturated heterocycles. The Morgan fingerprint density at radius 1 is 0.527 bits per heavy atom. The van der Waals surface area contributed by atoms with Crippen LogP contribution in [-0.4, -0.2) is 64.9 Å². The van der Waals surface area contributed by atoms with E-state index >= 15 is 0 Å². The van der Waals surface area contributed by atoms with Gasteiger partial charge in [-0.2, -0.15) is 16.8 Å². The lowest BCUT2D eigenvalue weighted by Gasteiger charge is -2.21. The van der Waals surface area contributed by atoms with Crippen LogP contribution in [0.5, 0.6) is 0 Å². The summed E-state index contributed by atoms with van der Waals surface area (Å²) in [5, 5.41) is 22.1. The number of fused-ring (bicyclic) bond motifs is 2. The second kappa shape index (κ2) is 19.2. The minimum Gasteiger partial charge on any atom is -0.478 e. The number of sulfonamides is 2. The summed E-state index contributed by atoms with van der Waals surface area (Å²) in [5.41, 5.74) is 3.39. The van der Waals surface area contributed by atoms with Gasteiger partial charge in [-0.3, -0.25) is 18.5 Å². The van der Waals surface area contributed by atoms with Crippen LogP contribution < -0.4 is 20.1 Å². The normalized spacial score (nSPS) is 12.5. The van der Waals surface area contributed by atoms with Gasteiger partial charge in [-0.25, -0.2) is 31.4 Å². The first-order valence-corrected chi connectivity index (χ1v) is 27.7. The molecule has 0 spiro atoms. The average molecular weight is 1080 g/mol. The molecular formula is C51H44N4O15S4. The highest BCUT2D eigenvalue weighted by Gasteiger charge is 2.28. The van der Waals surface area contributed by atoms with E-state index in [1.807, 2.05) is 0 Å². The number of aryl methyl sites for hydroxylation is 4. The fourth-order valence-electron chi connectivity index (χ4n) is 8.75. The van der Waals surface area contributed by atoms with Gasteiger partial charge in [0.2, 0.25) is 0 Å². The molecule has 1 aliphatic heterocycles. The molecular weight excluding hydrogens is 1040 g/mol. The van der Waals surface area contributed by atoms with Gasteiger partial charge >= 0.3 is 11.9 Å². The molecule has 0 aromatic heterocycles. The molecule has 0 amide bonds. The van der Waals surface area contributed by atoms with E-state index in [1.54, 1.807) is 65.0 Å². The number of carboxylic acids is 2. The highest BCUT2D eigenvalue weighted by Crippen LogP contribution is 2.45. The van der Waals surface area contributed by atoms with Crippen LogP contribution in [0, 0.1) is 41.5 Å². The van der Waals surface area contributed by atoms with Crippen LogP contribution in [0.1, 0.15) is 54.1 Å². The molecule has 7 N–H and O–H groups in total. The summed E-state index contributed by atoms with van der Waals surface area (Å²) in [4.78, 5) is 26.0. The molecule has 0 unspecified atom stereocenters. The van der Waals surface area contributed by atoms with E-state index in [2.05, 4.69) is 19.8 Å². The first-order chi connectivity index (χ1) is 34.5. The fourth-order valence-corrected chi connectivity index (χ4v) is 12.6. The zero-order valence-electron chi connectivity index (χ0n) is 39.8. The van der Waals surface area contributed by atoms with Crippen LogP contribution >= 0.6 is 0 Å². The Hall–Kier alpha value is -7.93. The maximum absolute atomic E-state index is 13.7. The predicted molar refractivity (Wildman–Crippen MR) is 276 cm³/mol. The summed E-state index contributed by atoms with van der Waals surface area (Å²) in [5.74, 6) is -2.76. The highest BCUT2D eigenvalue weighted by atomic mass is 32.2. The Bertz CT molecular complexity index is 4230. The maximum Gasteiger partial charge on any atom is 0.335 e. The number of aromatic carboxylic acids is 2. The minimum atomic E-state index is -5.18. The van der Waals surface area contributed by atoms with Crippen molar-refractivity contribution in [2.75, 3.05) is 14.8 Å². The molecule has 0 saturated carbocycles. The summed E-state index contributed by atoms with van der Waals surface area (Å²) in [6, 6.07) is 25.2. The van der Waals surface area contributed by atoms with Gasteiger partial charge in [0.1, 0.15) is 21.1 Å². The van der Waals surface area contributed by atoms with E-state index in [0.717, 1.165) is 24.3 Å². The van der Waals surface area contributed by atoms with Gasteiger partial charge < -0.3 is 19.9 Å². The predicted octanol–water partition coefficient (Wildman–Crippen LogP) is 9.52. The van der Waals surface area contributed by atoms with E-state index in [1.165, 1.54) is 67.6 Å². The van der Waals surface area contributed by atoms with Gasteiger partial charge in [-0.1, -0.05) is 42.5 Å². The van der Waals surface area contributed by atoms with Crippen molar-refractivity contribution in [2.45, 2.75) is 61.1 Å². The fraction of sp³-hybridized carbons (Fsp3) is 0.118. The average Bonchev–Trinajstić information content (AvgIpc) is 3.32. The number of nitrogens with zero attached hydrogens (tertiary/aromatic N) is 1. The van der Waals surface area contributed by atoms with E-state index < -0.39 is 62.0 Å². The topological polar surface area (TPSA) is 313 Å². The molecule has 0 bridgehead atoms. The van der Waals surface area contributed by atoms with Crippen molar-refractivity contribution in [3.63, 3.8) is 0 Å². The number of nitrogens with one attached hydrogen (secondary N) is 3. The van der Waals surface area contributed by atoms with E-state index in [4.69, 9.17) is 4.42 Å².